The fraction of sp³-hybridized carbons (Fsp3) is 0.571. The van der Waals surface area contributed by atoms with Crippen molar-refractivity contribution in [1.29, 1.82) is 0 Å². The highest BCUT2D eigenvalue weighted by Gasteiger charge is 1.96. The van der Waals surface area contributed by atoms with Gasteiger partial charge in [0.1, 0.15) is 0 Å². The SMILES string of the molecule is C=CC.CSC(=O)N(C)C. The third-order valence-electron chi connectivity index (χ3n) is 0.540. The summed E-state index contributed by atoms with van der Waals surface area (Å²) in [5.41, 5.74) is 0. The van der Waals surface area contributed by atoms with Crippen LogP contribution >= 0.6 is 11.8 Å². The molecular formula is C7H15NOS. The van der Waals surface area contributed by atoms with E-state index in [-0.39, 0.29) is 5.24 Å². The second kappa shape index (κ2) is 8.56. The number of amides is 1. The zero-order chi connectivity index (χ0) is 8.57. The smallest absolute Gasteiger partial charge is 0.280 e. The number of hydrogen-bond donors (Lipinski definition) is 0. The number of thioether (sulfide) groups is 1. The van der Waals surface area contributed by atoms with Gasteiger partial charge < -0.3 is 4.90 Å². The summed E-state index contributed by atoms with van der Waals surface area (Å²) >= 11 is 1.22. The lowest BCUT2D eigenvalue weighted by Gasteiger charge is -2.04. The first kappa shape index (κ1) is 12.3. The summed E-state index contributed by atoms with van der Waals surface area (Å²) in [7, 11) is 3.47. The second-order valence-corrected chi connectivity index (χ2v) is 2.53. The Morgan fingerprint density at radius 2 is 1.90 bits per heavy atom. The molecule has 1 amide bonds. The molecule has 0 aliphatic carbocycles. The van der Waals surface area contributed by atoms with Gasteiger partial charge in [0.25, 0.3) is 5.24 Å². The van der Waals surface area contributed by atoms with E-state index in [2.05, 4.69) is 6.58 Å². The fourth-order valence-electron chi connectivity index (χ4n) is 0.183. The van der Waals surface area contributed by atoms with Gasteiger partial charge in [-0.1, -0.05) is 17.8 Å². The Hall–Kier alpha value is -0.440. The van der Waals surface area contributed by atoms with Crippen LogP contribution in [0.2, 0.25) is 0 Å². The number of carbonyl (C=O) groups excluding carboxylic acids is 1. The van der Waals surface area contributed by atoms with Gasteiger partial charge in [0.2, 0.25) is 0 Å². The maximum atomic E-state index is 10.4. The molecule has 10 heavy (non-hydrogen) atoms. The molecule has 0 fully saturated rings. The molecule has 0 rings (SSSR count). The summed E-state index contributed by atoms with van der Waals surface area (Å²) in [4.78, 5) is 11.9. The van der Waals surface area contributed by atoms with Gasteiger partial charge in [-0.15, -0.1) is 6.58 Å². The predicted molar refractivity (Wildman–Crippen MR) is 48.5 cm³/mol. The van der Waals surface area contributed by atoms with Crippen molar-refractivity contribution in [3.8, 4) is 0 Å². The molecule has 0 bridgehead atoms. The zero-order valence-corrected chi connectivity index (χ0v) is 7.86. The number of carbonyl (C=O) groups is 1. The molecule has 0 N–H and O–H groups in total. The maximum absolute atomic E-state index is 10.4. The zero-order valence-electron chi connectivity index (χ0n) is 7.05. The Morgan fingerprint density at radius 1 is 1.60 bits per heavy atom. The molecule has 60 valence electrons. The van der Waals surface area contributed by atoms with E-state index in [1.165, 1.54) is 11.8 Å². The van der Waals surface area contributed by atoms with Gasteiger partial charge in [0, 0.05) is 14.1 Å². The highest BCUT2D eigenvalue weighted by atomic mass is 32.2. The van der Waals surface area contributed by atoms with Crippen LogP contribution in [-0.4, -0.2) is 30.5 Å². The third kappa shape index (κ3) is 10.5. The van der Waals surface area contributed by atoms with Crippen molar-refractivity contribution in [2.75, 3.05) is 20.4 Å². The van der Waals surface area contributed by atoms with E-state index in [9.17, 15) is 4.79 Å². The molecule has 0 aromatic carbocycles. The van der Waals surface area contributed by atoms with Gasteiger partial charge >= 0.3 is 0 Å². The average Bonchev–Trinajstić information content (AvgIpc) is 1.88. The van der Waals surface area contributed by atoms with Crippen LogP contribution in [0.3, 0.4) is 0 Å². The van der Waals surface area contributed by atoms with Gasteiger partial charge in [-0.25, -0.2) is 0 Å². The maximum Gasteiger partial charge on any atom is 0.280 e. The first-order valence-electron chi connectivity index (χ1n) is 2.92. The monoisotopic (exact) mass is 161 g/mol. The predicted octanol–water partition coefficient (Wildman–Crippen LogP) is 2.22. The first-order valence-corrected chi connectivity index (χ1v) is 4.14. The lowest BCUT2D eigenvalue weighted by atomic mass is 10.8. The summed E-state index contributed by atoms with van der Waals surface area (Å²) in [5, 5.41) is 0.0972. The van der Waals surface area contributed by atoms with Crippen molar-refractivity contribution in [1.82, 2.24) is 4.90 Å². The molecule has 0 saturated heterocycles. The Morgan fingerprint density at radius 3 is 1.90 bits per heavy atom. The minimum absolute atomic E-state index is 0.0972. The molecule has 0 saturated carbocycles. The molecular weight excluding hydrogens is 146 g/mol. The molecule has 0 aromatic rings. The summed E-state index contributed by atoms with van der Waals surface area (Å²) in [6.45, 7) is 5.25. The van der Waals surface area contributed by atoms with Gasteiger partial charge in [-0.05, 0) is 13.2 Å². The van der Waals surface area contributed by atoms with Gasteiger partial charge in [0.15, 0.2) is 0 Å². The summed E-state index contributed by atoms with van der Waals surface area (Å²) in [5.74, 6) is 0. The second-order valence-electron chi connectivity index (χ2n) is 1.77. The van der Waals surface area contributed by atoms with E-state index in [1.807, 2.05) is 6.92 Å². The molecule has 0 radical (unpaired) electrons. The molecule has 0 aliphatic rings. The number of allylic oxidation sites excluding steroid dienone is 1. The largest absolute Gasteiger partial charge is 0.340 e. The van der Waals surface area contributed by atoms with E-state index in [0.717, 1.165) is 0 Å². The van der Waals surface area contributed by atoms with Crippen LogP contribution in [0.5, 0.6) is 0 Å². The van der Waals surface area contributed by atoms with Crippen molar-refractivity contribution in [3.63, 3.8) is 0 Å². The molecule has 3 heteroatoms. The minimum Gasteiger partial charge on any atom is -0.340 e. The highest BCUT2D eigenvalue weighted by Crippen LogP contribution is 1.97. The van der Waals surface area contributed by atoms with Gasteiger partial charge in [0.05, 0.1) is 0 Å². The first-order chi connectivity index (χ1) is 4.59. The number of hydrogen-bond acceptors (Lipinski definition) is 2. The normalized spacial score (nSPS) is 7.20. The molecule has 2 nitrogen and oxygen atoms in total. The average molecular weight is 161 g/mol. The Kier molecular flexibility index (Phi) is 10.5. The van der Waals surface area contributed by atoms with Crippen molar-refractivity contribution < 1.29 is 4.79 Å². The topological polar surface area (TPSA) is 20.3 Å². The highest BCUT2D eigenvalue weighted by molar-refractivity contribution is 8.12. The molecule has 0 aliphatic heterocycles. The standard InChI is InChI=1S/C4H9NOS.C3H6/c1-5(2)4(6)7-3;1-3-2/h1-3H3;3H,1H2,2H3. The fourth-order valence-corrected chi connectivity index (χ4v) is 0.548. The molecule has 0 spiro atoms. The van der Waals surface area contributed by atoms with Crippen molar-refractivity contribution in [2.45, 2.75) is 6.92 Å². The van der Waals surface area contributed by atoms with Gasteiger partial charge in [-0.3, -0.25) is 4.79 Å². The molecule has 0 heterocycles. The third-order valence-corrected chi connectivity index (χ3v) is 1.25. The van der Waals surface area contributed by atoms with Crippen LogP contribution in [0.4, 0.5) is 4.79 Å². The number of nitrogens with zero attached hydrogens (tertiary/aromatic N) is 1. The number of rotatable bonds is 0. The van der Waals surface area contributed by atoms with E-state index >= 15 is 0 Å². The van der Waals surface area contributed by atoms with E-state index in [4.69, 9.17) is 0 Å². The summed E-state index contributed by atoms with van der Waals surface area (Å²) in [6, 6.07) is 0. The Balaban J connectivity index is 0. The summed E-state index contributed by atoms with van der Waals surface area (Å²) in [6.07, 6.45) is 3.52. The van der Waals surface area contributed by atoms with Crippen LogP contribution in [0.25, 0.3) is 0 Å². The van der Waals surface area contributed by atoms with Crippen LogP contribution in [0.15, 0.2) is 12.7 Å². The quantitative estimate of drug-likeness (QED) is 0.508. The summed E-state index contributed by atoms with van der Waals surface area (Å²) < 4.78 is 0. The van der Waals surface area contributed by atoms with Crippen LogP contribution < -0.4 is 0 Å². The Labute approximate surface area is 67.3 Å². The van der Waals surface area contributed by atoms with Crippen molar-refractivity contribution in [2.24, 2.45) is 0 Å². The molecule has 0 atom stereocenters. The lowest BCUT2D eigenvalue weighted by Crippen LogP contribution is -2.15. The lowest BCUT2D eigenvalue weighted by molar-refractivity contribution is 0.241. The molecule has 0 aromatic heterocycles. The van der Waals surface area contributed by atoms with Crippen molar-refractivity contribution in [3.05, 3.63) is 12.7 Å². The van der Waals surface area contributed by atoms with Crippen LogP contribution in [-0.2, 0) is 0 Å². The van der Waals surface area contributed by atoms with E-state index in [1.54, 1.807) is 31.3 Å². The van der Waals surface area contributed by atoms with E-state index < -0.39 is 0 Å². The van der Waals surface area contributed by atoms with Gasteiger partial charge in [-0.2, -0.15) is 0 Å². The Bertz CT molecular complexity index is 102. The van der Waals surface area contributed by atoms with Crippen LogP contribution in [0.1, 0.15) is 6.92 Å². The van der Waals surface area contributed by atoms with Crippen molar-refractivity contribution >= 4 is 17.0 Å². The van der Waals surface area contributed by atoms with E-state index in [0.29, 0.717) is 0 Å². The van der Waals surface area contributed by atoms with Crippen LogP contribution in [0, 0.1) is 0 Å². The minimum atomic E-state index is 0.0972. The molecule has 0 unspecified atom stereocenters.